The predicted octanol–water partition coefficient (Wildman–Crippen LogP) is 5.13. The van der Waals surface area contributed by atoms with Crippen LogP contribution in [0.2, 0.25) is 0 Å². The van der Waals surface area contributed by atoms with Crippen LogP contribution in [0.15, 0.2) is 30.5 Å². The summed E-state index contributed by atoms with van der Waals surface area (Å²) in [5, 5.41) is 6.99. The lowest BCUT2D eigenvalue weighted by molar-refractivity contribution is 0.0996. The molecule has 1 fully saturated rings. The van der Waals surface area contributed by atoms with Gasteiger partial charge in [-0.2, -0.15) is 0 Å². The second-order valence-corrected chi connectivity index (χ2v) is 10.9. The summed E-state index contributed by atoms with van der Waals surface area (Å²) in [4.78, 5) is 26.0. The average Bonchev–Trinajstić information content (AvgIpc) is 2.93. The van der Waals surface area contributed by atoms with Gasteiger partial charge in [-0.1, -0.05) is 51.7 Å². The zero-order chi connectivity index (χ0) is 29.1. The number of aromatic nitrogens is 2. The number of nitrogens with zero attached hydrogens (tertiary/aromatic N) is 4. The van der Waals surface area contributed by atoms with E-state index in [1.165, 1.54) is 30.4 Å². The summed E-state index contributed by atoms with van der Waals surface area (Å²) in [5.74, 6) is 6.85. The van der Waals surface area contributed by atoms with Crippen molar-refractivity contribution >= 4 is 23.2 Å². The molecule has 0 unspecified atom stereocenters. The van der Waals surface area contributed by atoms with Crippen LogP contribution in [0.1, 0.15) is 79.7 Å². The van der Waals surface area contributed by atoms with Crippen LogP contribution >= 0.6 is 0 Å². The number of amides is 1. The fourth-order valence-corrected chi connectivity index (χ4v) is 4.87. The smallest absolute Gasteiger partial charge is 0.271 e. The van der Waals surface area contributed by atoms with Crippen molar-refractivity contribution in [3.05, 3.63) is 53.0 Å². The van der Waals surface area contributed by atoms with Gasteiger partial charge in [0.2, 0.25) is 0 Å². The van der Waals surface area contributed by atoms with Crippen molar-refractivity contribution in [1.82, 2.24) is 19.8 Å². The maximum Gasteiger partial charge on any atom is 0.271 e. The van der Waals surface area contributed by atoms with Crippen molar-refractivity contribution in [3.8, 4) is 11.8 Å². The van der Waals surface area contributed by atoms with Crippen LogP contribution in [0.5, 0.6) is 0 Å². The van der Waals surface area contributed by atoms with Crippen LogP contribution in [0.4, 0.5) is 17.3 Å². The number of carbonyl (C=O) groups is 1. The van der Waals surface area contributed by atoms with E-state index in [-0.39, 0.29) is 5.69 Å². The first-order chi connectivity index (χ1) is 19.2. The number of primary amides is 1. The third kappa shape index (κ3) is 9.27. The van der Waals surface area contributed by atoms with Gasteiger partial charge in [-0.25, -0.2) is 9.97 Å². The highest BCUT2D eigenvalue weighted by atomic mass is 16.1. The molecule has 216 valence electrons. The lowest BCUT2D eigenvalue weighted by Crippen LogP contribution is -2.25. The Labute approximate surface area is 240 Å². The molecule has 1 amide bonds. The highest BCUT2D eigenvalue weighted by molar-refractivity contribution is 5.96. The first-order valence-corrected chi connectivity index (χ1v) is 14.6. The van der Waals surface area contributed by atoms with Crippen LogP contribution in [-0.4, -0.2) is 65.9 Å². The van der Waals surface area contributed by atoms with Gasteiger partial charge in [0.1, 0.15) is 5.82 Å². The number of aryl methyl sites for hydroxylation is 3. The topological polar surface area (TPSA) is 99.4 Å². The number of carbonyl (C=O) groups excluding carboxylic acids is 1. The fourth-order valence-electron chi connectivity index (χ4n) is 4.87. The number of hydrogen-bond donors (Lipinski definition) is 3. The van der Waals surface area contributed by atoms with E-state index < -0.39 is 5.91 Å². The number of hydrogen-bond acceptors (Lipinski definition) is 7. The Hall–Kier alpha value is -3.57. The minimum atomic E-state index is -0.582. The van der Waals surface area contributed by atoms with E-state index in [4.69, 9.17) is 10.7 Å². The van der Waals surface area contributed by atoms with E-state index in [1.54, 1.807) is 0 Å². The van der Waals surface area contributed by atoms with Crippen molar-refractivity contribution < 1.29 is 4.79 Å². The Morgan fingerprint density at radius 2 is 1.77 bits per heavy atom. The summed E-state index contributed by atoms with van der Waals surface area (Å²) in [6.45, 7) is 9.76. The molecule has 0 radical (unpaired) electrons. The maximum atomic E-state index is 12.4. The molecule has 40 heavy (non-hydrogen) atoms. The Morgan fingerprint density at radius 1 is 1.05 bits per heavy atom. The van der Waals surface area contributed by atoms with E-state index in [1.807, 2.05) is 25.9 Å². The van der Waals surface area contributed by atoms with Gasteiger partial charge in [0, 0.05) is 25.8 Å². The van der Waals surface area contributed by atoms with Gasteiger partial charge in [0.05, 0.1) is 17.9 Å². The van der Waals surface area contributed by atoms with Crippen LogP contribution in [0, 0.1) is 11.8 Å². The summed E-state index contributed by atoms with van der Waals surface area (Å²) < 4.78 is 0. The van der Waals surface area contributed by atoms with E-state index >= 15 is 0 Å². The predicted molar refractivity (Wildman–Crippen MR) is 166 cm³/mol. The molecular weight excluding hydrogens is 498 g/mol. The second-order valence-electron chi connectivity index (χ2n) is 10.9. The molecular formula is C32H47N7O. The van der Waals surface area contributed by atoms with Crippen LogP contribution in [-0.2, 0) is 19.3 Å². The number of anilines is 3. The maximum absolute atomic E-state index is 12.4. The van der Waals surface area contributed by atoms with Gasteiger partial charge in [-0.15, -0.1) is 0 Å². The highest BCUT2D eigenvalue weighted by Crippen LogP contribution is 2.27. The molecule has 0 saturated heterocycles. The summed E-state index contributed by atoms with van der Waals surface area (Å²) in [5.41, 5.74) is 10.9. The van der Waals surface area contributed by atoms with E-state index in [2.05, 4.69) is 71.1 Å². The Morgan fingerprint density at radius 3 is 2.42 bits per heavy atom. The van der Waals surface area contributed by atoms with E-state index in [9.17, 15) is 4.79 Å². The first-order valence-electron chi connectivity index (χ1n) is 14.6. The van der Waals surface area contributed by atoms with Crippen molar-refractivity contribution in [3.63, 3.8) is 0 Å². The largest absolute Gasteiger partial charge is 0.371 e. The Balaban J connectivity index is 1.74. The van der Waals surface area contributed by atoms with Crippen molar-refractivity contribution in [2.75, 3.05) is 44.9 Å². The lowest BCUT2D eigenvalue weighted by atomic mass is 9.95. The first kappa shape index (κ1) is 31.0. The standard InChI is InChI=1S/C32H47N7O/c1-7-24-20-25(15-13-19-39(6)18-12-14-23(3)38(4)5)22-27(21-24)35-32-29(30(33)40)36-28(8-2)31(37-32)34-26-16-10-9-11-17-26/h20-22,26H,3,7-11,13,15-19H2,1-2,4-6H3,(H2,33,40)(H2,34,35,37). The SMILES string of the molecule is C=C(C#CCN(C)CCCc1cc(CC)cc(Nc2nc(NC3CCCCC3)c(CC)nc2C(N)=O)c1)N(C)C. The molecule has 1 aliphatic rings. The van der Waals surface area contributed by atoms with Gasteiger partial charge >= 0.3 is 0 Å². The van der Waals surface area contributed by atoms with Crippen molar-refractivity contribution in [2.24, 2.45) is 5.73 Å². The van der Waals surface area contributed by atoms with Gasteiger partial charge in [-0.3, -0.25) is 9.69 Å². The summed E-state index contributed by atoms with van der Waals surface area (Å²) in [6.07, 6.45) is 9.49. The average molecular weight is 546 g/mol. The van der Waals surface area contributed by atoms with Gasteiger partial charge in [0.25, 0.3) is 5.91 Å². The number of nitrogens with one attached hydrogen (secondary N) is 2. The van der Waals surface area contributed by atoms with E-state index in [0.717, 1.165) is 61.5 Å². The molecule has 0 spiro atoms. The minimum absolute atomic E-state index is 0.175. The number of nitrogens with two attached hydrogens (primary N) is 1. The molecule has 8 heteroatoms. The monoisotopic (exact) mass is 545 g/mol. The summed E-state index contributed by atoms with van der Waals surface area (Å²) >= 11 is 0. The minimum Gasteiger partial charge on any atom is -0.371 e. The normalized spacial score (nSPS) is 13.4. The quantitative estimate of drug-likeness (QED) is 0.300. The molecule has 1 aliphatic carbocycles. The molecule has 1 aromatic carbocycles. The molecule has 0 bridgehead atoms. The zero-order valence-corrected chi connectivity index (χ0v) is 25.1. The zero-order valence-electron chi connectivity index (χ0n) is 25.1. The lowest BCUT2D eigenvalue weighted by Gasteiger charge is -2.25. The van der Waals surface area contributed by atoms with Crippen LogP contribution < -0.4 is 16.4 Å². The Bertz CT molecular complexity index is 1220. The summed E-state index contributed by atoms with van der Waals surface area (Å²) in [7, 11) is 5.98. The number of rotatable bonds is 13. The third-order valence-corrected chi connectivity index (χ3v) is 7.33. The van der Waals surface area contributed by atoms with Crippen molar-refractivity contribution in [1.29, 1.82) is 0 Å². The van der Waals surface area contributed by atoms with E-state index in [0.29, 0.717) is 24.8 Å². The van der Waals surface area contributed by atoms with Crippen molar-refractivity contribution in [2.45, 2.75) is 77.7 Å². The fraction of sp³-hybridized carbons (Fsp3) is 0.531. The second kappa shape index (κ2) is 15.3. The molecule has 4 N–H and O–H groups in total. The summed E-state index contributed by atoms with van der Waals surface area (Å²) in [6, 6.07) is 6.88. The van der Waals surface area contributed by atoms with Crippen LogP contribution in [0.3, 0.4) is 0 Å². The molecule has 0 atom stereocenters. The molecule has 1 heterocycles. The van der Waals surface area contributed by atoms with Crippen LogP contribution in [0.25, 0.3) is 0 Å². The molecule has 1 aromatic heterocycles. The number of allylic oxidation sites excluding steroid dienone is 1. The third-order valence-electron chi connectivity index (χ3n) is 7.33. The molecule has 8 nitrogen and oxygen atoms in total. The Kier molecular flexibility index (Phi) is 11.8. The van der Waals surface area contributed by atoms with Gasteiger partial charge in [-0.05, 0) is 81.3 Å². The molecule has 0 aliphatic heterocycles. The van der Waals surface area contributed by atoms with Gasteiger partial charge < -0.3 is 21.3 Å². The molecule has 3 rings (SSSR count). The van der Waals surface area contributed by atoms with Gasteiger partial charge in [0.15, 0.2) is 11.5 Å². The number of benzene rings is 1. The molecule has 1 saturated carbocycles. The molecule has 2 aromatic rings. The highest BCUT2D eigenvalue weighted by Gasteiger charge is 2.20.